The molecule has 1 aromatic rings. The molecule has 0 aliphatic heterocycles. The first kappa shape index (κ1) is 10.2. The lowest BCUT2D eigenvalue weighted by atomic mass is 10.3. The third kappa shape index (κ3) is 2.81. The minimum Gasteiger partial charge on any atom is -0.507 e. The summed E-state index contributed by atoms with van der Waals surface area (Å²) in [6.07, 6.45) is 3.09. The highest BCUT2D eigenvalue weighted by Gasteiger charge is 2.01. The molecule has 2 heteroatoms. The SMILES string of the molecule is C/C=C(\CC)Sc1ccccc1O. The fourth-order valence-corrected chi connectivity index (χ4v) is 1.88. The number of phenols is 1. The van der Waals surface area contributed by atoms with E-state index in [1.165, 1.54) is 4.91 Å². The second kappa shape index (κ2) is 4.97. The van der Waals surface area contributed by atoms with E-state index in [2.05, 4.69) is 13.0 Å². The van der Waals surface area contributed by atoms with Crippen LogP contribution in [0.4, 0.5) is 0 Å². The highest BCUT2D eigenvalue weighted by molar-refractivity contribution is 8.03. The summed E-state index contributed by atoms with van der Waals surface area (Å²) in [7, 11) is 0. The Balaban J connectivity index is 2.80. The zero-order chi connectivity index (χ0) is 9.68. The van der Waals surface area contributed by atoms with Crippen LogP contribution in [0.2, 0.25) is 0 Å². The molecule has 1 nitrogen and oxygen atoms in total. The van der Waals surface area contributed by atoms with Crippen LogP contribution in [0, 0.1) is 0 Å². The van der Waals surface area contributed by atoms with Gasteiger partial charge in [0.2, 0.25) is 0 Å². The molecule has 0 spiro atoms. The number of thioether (sulfide) groups is 1. The molecule has 0 aliphatic rings. The van der Waals surface area contributed by atoms with E-state index in [0.717, 1.165) is 11.3 Å². The van der Waals surface area contributed by atoms with Gasteiger partial charge in [-0.15, -0.1) is 0 Å². The second-order valence-corrected chi connectivity index (χ2v) is 3.85. The predicted octanol–water partition coefficient (Wildman–Crippen LogP) is 3.80. The summed E-state index contributed by atoms with van der Waals surface area (Å²) in [5.41, 5.74) is 0. The van der Waals surface area contributed by atoms with E-state index in [4.69, 9.17) is 0 Å². The van der Waals surface area contributed by atoms with Crippen molar-refractivity contribution in [2.75, 3.05) is 0 Å². The highest BCUT2D eigenvalue weighted by atomic mass is 32.2. The van der Waals surface area contributed by atoms with E-state index in [1.54, 1.807) is 17.8 Å². The number of aromatic hydroxyl groups is 1. The van der Waals surface area contributed by atoms with Gasteiger partial charge in [0, 0.05) is 0 Å². The molecule has 1 rings (SSSR count). The molecule has 0 aromatic heterocycles. The fraction of sp³-hybridized carbons (Fsp3) is 0.273. The van der Waals surface area contributed by atoms with Gasteiger partial charge in [-0.2, -0.15) is 0 Å². The van der Waals surface area contributed by atoms with Crippen molar-refractivity contribution in [2.24, 2.45) is 0 Å². The maximum Gasteiger partial charge on any atom is 0.129 e. The molecular formula is C11H14OS. The molecule has 0 radical (unpaired) electrons. The Morgan fingerprint density at radius 1 is 1.46 bits per heavy atom. The normalized spacial score (nSPS) is 11.7. The molecule has 0 aliphatic carbocycles. The van der Waals surface area contributed by atoms with Gasteiger partial charge >= 0.3 is 0 Å². The third-order valence-electron chi connectivity index (χ3n) is 1.78. The molecule has 13 heavy (non-hydrogen) atoms. The Kier molecular flexibility index (Phi) is 3.90. The van der Waals surface area contributed by atoms with Gasteiger partial charge < -0.3 is 5.11 Å². The molecule has 0 heterocycles. The first-order valence-electron chi connectivity index (χ1n) is 4.39. The number of hydrogen-bond acceptors (Lipinski definition) is 2. The molecule has 0 amide bonds. The van der Waals surface area contributed by atoms with Gasteiger partial charge in [0.05, 0.1) is 4.90 Å². The maximum absolute atomic E-state index is 9.50. The Hall–Kier alpha value is -0.890. The monoisotopic (exact) mass is 194 g/mol. The number of phenolic OH excluding ortho intramolecular Hbond substituents is 1. The van der Waals surface area contributed by atoms with Crippen molar-refractivity contribution in [1.82, 2.24) is 0 Å². The summed E-state index contributed by atoms with van der Waals surface area (Å²) < 4.78 is 0. The minimum absolute atomic E-state index is 0.361. The predicted molar refractivity (Wildman–Crippen MR) is 58.0 cm³/mol. The highest BCUT2D eigenvalue weighted by Crippen LogP contribution is 2.34. The summed E-state index contributed by atoms with van der Waals surface area (Å²) in [6.45, 7) is 4.13. The molecule has 0 saturated carbocycles. The molecule has 1 aromatic carbocycles. The van der Waals surface area contributed by atoms with Crippen molar-refractivity contribution in [1.29, 1.82) is 0 Å². The van der Waals surface area contributed by atoms with Crippen LogP contribution in [0.15, 0.2) is 40.1 Å². The number of allylic oxidation sites excluding steroid dienone is 2. The average Bonchev–Trinajstić information content (AvgIpc) is 2.17. The summed E-state index contributed by atoms with van der Waals surface area (Å²) >= 11 is 1.63. The van der Waals surface area contributed by atoms with Gasteiger partial charge in [-0.1, -0.05) is 36.9 Å². The molecule has 0 bridgehead atoms. The topological polar surface area (TPSA) is 20.2 Å². The standard InChI is InChI=1S/C11H14OS/c1-3-9(4-2)13-11-8-6-5-7-10(11)12/h3,5-8,12H,4H2,1-2H3/b9-3+. The Labute approximate surface area is 83.5 Å². The lowest BCUT2D eigenvalue weighted by molar-refractivity contribution is 0.462. The first-order chi connectivity index (χ1) is 6.27. The van der Waals surface area contributed by atoms with Crippen molar-refractivity contribution in [2.45, 2.75) is 25.2 Å². The van der Waals surface area contributed by atoms with Crippen LogP contribution in [0.3, 0.4) is 0 Å². The van der Waals surface area contributed by atoms with Crippen LogP contribution in [0.1, 0.15) is 20.3 Å². The molecular weight excluding hydrogens is 180 g/mol. The minimum atomic E-state index is 0.361. The zero-order valence-corrected chi connectivity index (χ0v) is 8.77. The largest absolute Gasteiger partial charge is 0.507 e. The molecule has 0 fully saturated rings. The van der Waals surface area contributed by atoms with E-state index < -0.39 is 0 Å². The van der Waals surface area contributed by atoms with Crippen molar-refractivity contribution in [3.05, 3.63) is 35.2 Å². The summed E-state index contributed by atoms with van der Waals surface area (Å²) in [5.74, 6) is 0.361. The van der Waals surface area contributed by atoms with Crippen LogP contribution in [-0.2, 0) is 0 Å². The van der Waals surface area contributed by atoms with Crippen molar-refractivity contribution < 1.29 is 5.11 Å². The van der Waals surface area contributed by atoms with Crippen LogP contribution >= 0.6 is 11.8 Å². The van der Waals surface area contributed by atoms with Gasteiger partial charge in [0.1, 0.15) is 5.75 Å². The quantitative estimate of drug-likeness (QED) is 0.738. The molecule has 0 saturated heterocycles. The van der Waals surface area contributed by atoms with E-state index >= 15 is 0 Å². The molecule has 70 valence electrons. The van der Waals surface area contributed by atoms with Crippen molar-refractivity contribution in [3.63, 3.8) is 0 Å². The van der Waals surface area contributed by atoms with Crippen molar-refractivity contribution in [3.8, 4) is 5.75 Å². The number of rotatable bonds is 3. The van der Waals surface area contributed by atoms with E-state index in [9.17, 15) is 5.11 Å². The molecule has 1 N–H and O–H groups in total. The van der Waals surface area contributed by atoms with Gasteiger partial charge in [-0.25, -0.2) is 0 Å². The smallest absolute Gasteiger partial charge is 0.129 e. The number of para-hydroxylation sites is 1. The zero-order valence-electron chi connectivity index (χ0n) is 7.95. The van der Waals surface area contributed by atoms with Crippen LogP contribution in [0.25, 0.3) is 0 Å². The number of hydrogen-bond donors (Lipinski definition) is 1. The van der Waals surface area contributed by atoms with Crippen LogP contribution in [-0.4, -0.2) is 5.11 Å². The lowest BCUT2D eigenvalue weighted by Gasteiger charge is -2.05. The first-order valence-corrected chi connectivity index (χ1v) is 5.20. The van der Waals surface area contributed by atoms with Crippen LogP contribution < -0.4 is 0 Å². The molecule has 0 atom stereocenters. The fourth-order valence-electron chi connectivity index (χ4n) is 1.02. The second-order valence-electron chi connectivity index (χ2n) is 2.68. The van der Waals surface area contributed by atoms with Gasteiger partial charge in [-0.3, -0.25) is 0 Å². The van der Waals surface area contributed by atoms with E-state index in [-0.39, 0.29) is 0 Å². The lowest BCUT2D eigenvalue weighted by Crippen LogP contribution is -1.76. The third-order valence-corrected chi connectivity index (χ3v) is 3.13. The Morgan fingerprint density at radius 3 is 2.69 bits per heavy atom. The van der Waals surface area contributed by atoms with Crippen LogP contribution in [0.5, 0.6) is 5.75 Å². The number of benzene rings is 1. The average molecular weight is 194 g/mol. The van der Waals surface area contributed by atoms with Gasteiger partial charge in [-0.05, 0) is 30.4 Å². The van der Waals surface area contributed by atoms with E-state index in [1.807, 2.05) is 25.1 Å². The Morgan fingerprint density at radius 2 is 2.15 bits per heavy atom. The van der Waals surface area contributed by atoms with Gasteiger partial charge in [0.15, 0.2) is 0 Å². The van der Waals surface area contributed by atoms with E-state index in [0.29, 0.717) is 5.75 Å². The van der Waals surface area contributed by atoms with Crippen molar-refractivity contribution >= 4 is 11.8 Å². The Bertz CT molecular complexity index is 305. The summed E-state index contributed by atoms with van der Waals surface area (Å²) in [6, 6.07) is 7.41. The van der Waals surface area contributed by atoms with Gasteiger partial charge in [0.25, 0.3) is 0 Å². The molecule has 0 unspecified atom stereocenters. The summed E-state index contributed by atoms with van der Waals surface area (Å²) in [5, 5.41) is 9.50. The maximum atomic E-state index is 9.50. The summed E-state index contributed by atoms with van der Waals surface area (Å²) in [4.78, 5) is 2.21.